The first-order valence-electron chi connectivity index (χ1n) is 8.96. The van der Waals surface area contributed by atoms with E-state index >= 15 is 0 Å². The van der Waals surface area contributed by atoms with Crippen LogP contribution in [0.4, 0.5) is 0 Å². The van der Waals surface area contributed by atoms with Crippen molar-refractivity contribution in [2.45, 2.75) is 69.0 Å². The SMILES string of the molecule is c1ccc(C2CC2NC2CCCC2C2CCCCN2)cc1. The molecule has 114 valence electrons. The smallest absolute Gasteiger partial charge is 0.0145 e. The Labute approximate surface area is 128 Å². The molecule has 1 saturated heterocycles. The van der Waals surface area contributed by atoms with Crippen molar-refractivity contribution in [2.75, 3.05) is 6.54 Å². The highest BCUT2D eigenvalue weighted by Crippen LogP contribution is 2.43. The van der Waals surface area contributed by atoms with Crippen molar-refractivity contribution in [1.29, 1.82) is 0 Å². The van der Waals surface area contributed by atoms with E-state index in [1.54, 1.807) is 0 Å². The Morgan fingerprint density at radius 2 is 1.81 bits per heavy atom. The zero-order chi connectivity index (χ0) is 14.1. The number of benzene rings is 1. The summed E-state index contributed by atoms with van der Waals surface area (Å²) in [5.41, 5.74) is 1.53. The molecule has 2 heteroatoms. The highest BCUT2D eigenvalue weighted by atomic mass is 15.0. The van der Waals surface area contributed by atoms with E-state index in [1.807, 2.05) is 0 Å². The van der Waals surface area contributed by atoms with Crippen LogP contribution in [-0.2, 0) is 0 Å². The Balaban J connectivity index is 1.34. The predicted octanol–water partition coefficient (Wildman–Crippen LogP) is 3.44. The first-order chi connectivity index (χ1) is 10.4. The van der Waals surface area contributed by atoms with Crippen molar-refractivity contribution >= 4 is 0 Å². The van der Waals surface area contributed by atoms with Crippen LogP contribution in [0.3, 0.4) is 0 Å². The Morgan fingerprint density at radius 3 is 2.62 bits per heavy atom. The van der Waals surface area contributed by atoms with Crippen LogP contribution in [0, 0.1) is 5.92 Å². The first kappa shape index (κ1) is 13.8. The zero-order valence-electron chi connectivity index (χ0n) is 12.9. The molecule has 21 heavy (non-hydrogen) atoms. The molecule has 1 aliphatic heterocycles. The van der Waals surface area contributed by atoms with Gasteiger partial charge in [-0.15, -0.1) is 0 Å². The molecule has 5 unspecified atom stereocenters. The van der Waals surface area contributed by atoms with Gasteiger partial charge in [-0.05, 0) is 50.1 Å². The Hall–Kier alpha value is -0.860. The van der Waals surface area contributed by atoms with Crippen LogP contribution in [0.1, 0.15) is 56.4 Å². The van der Waals surface area contributed by atoms with Gasteiger partial charge in [0.25, 0.3) is 0 Å². The van der Waals surface area contributed by atoms with Crippen molar-refractivity contribution in [3.63, 3.8) is 0 Å². The Bertz CT molecular complexity index is 452. The van der Waals surface area contributed by atoms with Gasteiger partial charge in [-0.2, -0.15) is 0 Å². The lowest BCUT2D eigenvalue weighted by Crippen LogP contribution is -2.47. The third-order valence-corrected chi connectivity index (χ3v) is 5.88. The van der Waals surface area contributed by atoms with E-state index in [9.17, 15) is 0 Å². The second-order valence-corrected chi connectivity index (χ2v) is 7.28. The van der Waals surface area contributed by atoms with Crippen LogP contribution < -0.4 is 10.6 Å². The van der Waals surface area contributed by atoms with Crippen molar-refractivity contribution in [3.8, 4) is 0 Å². The second kappa shape index (κ2) is 6.10. The molecule has 2 N–H and O–H groups in total. The van der Waals surface area contributed by atoms with Crippen LogP contribution in [-0.4, -0.2) is 24.7 Å². The predicted molar refractivity (Wildman–Crippen MR) is 87.5 cm³/mol. The lowest BCUT2D eigenvalue weighted by Gasteiger charge is -2.33. The minimum absolute atomic E-state index is 0.738. The fourth-order valence-electron chi connectivity index (χ4n) is 4.64. The second-order valence-electron chi connectivity index (χ2n) is 7.28. The fraction of sp³-hybridized carbons (Fsp3) is 0.684. The largest absolute Gasteiger partial charge is 0.314 e. The van der Waals surface area contributed by atoms with Crippen molar-refractivity contribution in [3.05, 3.63) is 35.9 Å². The van der Waals surface area contributed by atoms with Gasteiger partial charge >= 0.3 is 0 Å². The molecule has 3 aliphatic rings. The number of hydrogen-bond acceptors (Lipinski definition) is 2. The summed E-state index contributed by atoms with van der Waals surface area (Å²) in [6, 6.07) is 13.3. The van der Waals surface area contributed by atoms with E-state index < -0.39 is 0 Å². The molecule has 1 aromatic rings. The lowest BCUT2D eigenvalue weighted by atomic mass is 9.88. The molecular weight excluding hydrogens is 256 g/mol. The van der Waals surface area contributed by atoms with Gasteiger partial charge in [0, 0.05) is 24.0 Å². The van der Waals surface area contributed by atoms with Gasteiger partial charge in [0.2, 0.25) is 0 Å². The van der Waals surface area contributed by atoms with Crippen molar-refractivity contribution in [1.82, 2.24) is 10.6 Å². The van der Waals surface area contributed by atoms with Gasteiger partial charge in [-0.3, -0.25) is 0 Å². The summed E-state index contributed by atoms with van der Waals surface area (Å²) < 4.78 is 0. The normalized spacial score (nSPS) is 39.3. The number of piperidine rings is 1. The zero-order valence-corrected chi connectivity index (χ0v) is 12.9. The number of hydrogen-bond donors (Lipinski definition) is 2. The Morgan fingerprint density at radius 1 is 0.905 bits per heavy atom. The standard InChI is InChI=1S/C19H28N2/c1-2-7-14(8-3-1)16-13-19(16)21-18-11-6-9-15(18)17-10-4-5-12-20-17/h1-3,7-8,15-21H,4-6,9-13H2. The lowest BCUT2D eigenvalue weighted by molar-refractivity contribution is 0.256. The van der Waals surface area contributed by atoms with Gasteiger partial charge in [0.15, 0.2) is 0 Å². The average Bonchev–Trinajstić information content (AvgIpc) is 3.16. The van der Waals surface area contributed by atoms with E-state index in [0.29, 0.717) is 0 Å². The quantitative estimate of drug-likeness (QED) is 0.885. The summed E-state index contributed by atoms with van der Waals surface area (Å²) in [5, 5.41) is 7.80. The van der Waals surface area contributed by atoms with E-state index in [0.717, 1.165) is 30.0 Å². The third-order valence-electron chi connectivity index (χ3n) is 5.88. The van der Waals surface area contributed by atoms with Crippen LogP contribution in [0.2, 0.25) is 0 Å². The average molecular weight is 284 g/mol. The van der Waals surface area contributed by atoms with E-state index in [4.69, 9.17) is 0 Å². The summed E-state index contributed by atoms with van der Waals surface area (Å²) in [5.74, 6) is 1.65. The van der Waals surface area contributed by atoms with Gasteiger partial charge in [-0.25, -0.2) is 0 Å². The first-order valence-corrected chi connectivity index (χ1v) is 8.96. The third kappa shape index (κ3) is 3.02. The van der Waals surface area contributed by atoms with Crippen molar-refractivity contribution in [2.24, 2.45) is 5.92 Å². The molecule has 0 aromatic heterocycles. The minimum atomic E-state index is 0.738. The molecule has 0 spiro atoms. The number of rotatable bonds is 4. The molecule has 2 nitrogen and oxygen atoms in total. The molecule has 0 amide bonds. The summed E-state index contributed by atoms with van der Waals surface area (Å²) in [6.07, 6.45) is 9.78. The highest BCUT2D eigenvalue weighted by molar-refractivity contribution is 5.27. The van der Waals surface area contributed by atoms with E-state index in [-0.39, 0.29) is 0 Å². The van der Waals surface area contributed by atoms with Crippen LogP contribution in [0.5, 0.6) is 0 Å². The molecular formula is C19H28N2. The molecule has 2 saturated carbocycles. The molecule has 1 aromatic carbocycles. The summed E-state index contributed by atoms with van der Waals surface area (Å²) in [7, 11) is 0. The van der Waals surface area contributed by atoms with Gasteiger partial charge in [0.1, 0.15) is 0 Å². The van der Waals surface area contributed by atoms with Crippen molar-refractivity contribution < 1.29 is 0 Å². The highest BCUT2D eigenvalue weighted by Gasteiger charge is 2.42. The fourth-order valence-corrected chi connectivity index (χ4v) is 4.64. The number of nitrogens with one attached hydrogen (secondary N) is 2. The van der Waals surface area contributed by atoms with Gasteiger partial charge in [-0.1, -0.05) is 43.2 Å². The maximum atomic E-state index is 4.01. The maximum absolute atomic E-state index is 4.01. The molecule has 0 bridgehead atoms. The Kier molecular flexibility index (Phi) is 4.00. The monoisotopic (exact) mass is 284 g/mol. The van der Waals surface area contributed by atoms with Crippen LogP contribution in [0.15, 0.2) is 30.3 Å². The van der Waals surface area contributed by atoms with Crippen LogP contribution >= 0.6 is 0 Å². The molecule has 1 heterocycles. The topological polar surface area (TPSA) is 24.1 Å². The summed E-state index contributed by atoms with van der Waals surface area (Å²) in [6.45, 7) is 1.24. The van der Waals surface area contributed by atoms with E-state index in [2.05, 4.69) is 41.0 Å². The molecule has 3 fully saturated rings. The van der Waals surface area contributed by atoms with Gasteiger partial charge in [0.05, 0.1) is 0 Å². The van der Waals surface area contributed by atoms with Crippen LogP contribution in [0.25, 0.3) is 0 Å². The molecule has 4 rings (SSSR count). The molecule has 5 atom stereocenters. The van der Waals surface area contributed by atoms with Gasteiger partial charge < -0.3 is 10.6 Å². The minimum Gasteiger partial charge on any atom is -0.314 e. The molecule has 2 aliphatic carbocycles. The summed E-state index contributed by atoms with van der Waals surface area (Å²) in [4.78, 5) is 0. The summed E-state index contributed by atoms with van der Waals surface area (Å²) >= 11 is 0. The molecule has 0 radical (unpaired) electrons. The maximum Gasteiger partial charge on any atom is 0.0145 e. The van der Waals surface area contributed by atoms with E-state index in [1.165, 1.54) is 57.1 Å².